The number of likely N-dealkylation sites (tertiary alicyclic amines) is 1. The number of nitrogens with zero attached hydrogens (tertiary/aromatic N) is 3. The molecule has 0 aliphatic carbocycles. The number of carbonyl (C=O) groups is 1. The molecule has 0 N–H and O–H groups in total. The largest absolute Gasteiger partial charge is 0.384 e. The highest BCUT2D eigenvalue weighted by atomic mass is 16.5. The van der Waals surface area contributed by atoms with Crippen molar-refractivity contribution in [3.05, 3.63) is 35.8 Å². The summed E-state index contributed by atoms with van der Waals surface area (Å²) in [6, 6.07) is 6.24. The fourth-order valence-corrected chi connectivity index (χ4v) is 3.28. The zero-order valence-electron chi connectivity index (χ0n) is 13.3. The summed E-state index contributed by atoms with van der Waals surface area (Å²) in [6.07, 6.45) is 4.71. The number of hydrogen-bond acceptors (Lipinski definition) is 3. The van der Waals surface area contributed by atoms with Crippen LogP contribution >= 0.6 is 0 Å². The number of carbonyl (C=O) groups excluding carboxylic acids is 1. The number of aryl methyl sites for hydroxylation is 1. The van der Waals surface area contributed by atoms with Gasteiger partial charge >= 0.3 is 0 Å². The van der Waals surface area contributed by atoms with Crippen molar-refractivity contribution in [1.82, 2.24) is 14.3 Å². The van der Waals surface area contributed by atoms with Crippen LogP contribution in [0.2, 0.25) is 0 Å². The van der Waals surface area contributed by atoms with Gasteiger partial charge in [0.1, 0.15) is 5.65 Å². The van der Waals surface area contributed by atoms with Gasteiger partial charge in [-0.2, -0.15) is 0 Å². The van der Waals surface area contributed by atoms with Gasteiger partial charge in [-0.05, 0) is 31.9 Å². The van der Waals surface area contributed by atoms with Crippen molar-refractivity contribution in [2.24, 2.45) is 0 Å². The molecule has 0 bridgehead atoms. The molecule has 1 atom stereocenters. The summed E-state index contributed by atoms with van der Waals surface area (Å²) in [7, 11) is 1.63. The highest BCUT2D eigenvalue weighted by Gasteiger charge is 2.25. The zero-order chi connectivity index (χ0) is 15.5. The fraction of sp³-hybridized carbons (Fsp3) is 0.529. The zero-order valence-corrected chi connectivity index (χ0v) is 13.3. The Labute approximate surface area is 130 Å². The number of piperidine rings is 1. The normalized spacial score (nSPS) is 18.8. The predicted octanol–water partition coefficient (Wildman–Crippen LogP) is 2.39. The number of ether oxygens (including phenoxy) is 1. The Morgan fingerprint density at radius 3 is 3.14 bits per heavy atom. The van der Waals surface area contributed by atoms with Gasteiger partial charge in [0.05, 0.1) is 18.7 Å². The van der Waals surface area contributed by atoms with Gasteiger partial charge in [0.2, 0.25) is 5.91 Å². The molecule has 2 aromatic rings. The molecule has 1 saturated heterocycles. The van der Waals surface area contributed by atoms with Crippen molar-refractivity contribution >= 4 is 11.6 Å². The van der Waals surface area contributed by atoms with E-state index in [9.17, 15) is 4.79 Å². The summed E-state index contributed by atoms with van der Waals surface area (Å²) in [5, 5.41) is 0. The van der Waals surface area contributed by atoms with Gasteiger partial charge in [0.15, 0.2) is 0 Å². The van der Waals surface area contributed by atoms with E-state index in [2.05, 4.69) is 27.7 Å². The monoisotopic (exact) mass is 301 g/mol. The summed E-state index contributed by atoms with van der Waals surface area (Å²) in [5.41, 5.74) is 3.26. The molecule has 0 unspecified atom stereocenters. The van der Waals surface area contributed by atoms with Crippen molar-refractivity contribution in [3.8, 4) is 0 Å². The lowest BCUT2D eigenvalue weighted by atomic mass is 9.94. The quantitative estimate of drug-likeness (QED) is 0.871. The maximum Gasteiger partial charge on any atom is 0.224 e. The first-order valence-electron chi connectivity index (χ1n) is 7.90. The van der Waals surface area contributed by atoms with Gasteiger partial charge in [-0.1, -0.05) is 6.07 Å². The lowest BCUT2D eigenvalue weighted by molar-refractivity contribution is -0.133. The second-order valence-corrected chi connectivity index (χ2v) is 5.98. The molecule has 0 saturated carbocycles. The molecule has 3 heterocycles. The first-order chi connectivity index (χ1) is 10.7. The number of pyridine rings is 1. The van der Waals surface area contributed by atoms with Crippen molar-refractivity contribution in [1.29, 1.82) is 0 Å². The molecule has 118 valence electrons. The SMILES string of the molecule is COCCC(=O)N1CCC[C@H](c2cccc3nc(C)cn23)C1. The number of aromatic nitrogens is 2. The van der Waals surface area contributed by atoms with Crippen LogP contribution in [0.1, 0.15) is 36.6 Å². The van der Waals surface area contributed by atoms with Crippen molar-refractivity contribution in [2.45, 2.75) is 32.1 Å². The van der Waals surface area contributed by atoms with Gasteiger partial charge in [-0.3, -0.25) is 4.79 Å². The highest BCUT2D eigenvalue weighted by molar-refractivity contribution is 5.76. The maximum atomic E-state index is 12.2. The highest BCUT2D eigenvalue weighted by Crippen LogP contribution is 2.28. The van der Waals surface area contributed by atoms with Crippen molar-refractivity contribution in [2.75, 3.05) is 26.8 Å². The number of rotatable bonds is 4. The van der Waals surface area contributed by atoms with Crippen molar-refractivity contribution < 1.29 is 9.53 Å². The third kappa shape index (κ3) is 2.99. The third-order valence-corrected chi connectivity index (χ3v) is 4.36. The molecular weight excluding hydrogens is 278 g/mol. The number of fused-ring (bicyclic) bond motifs is 1. The smallest absolute Gasteiger partial charge is 0.224 e. The van der Waals surface area contributed by atoms with Gasteiger partial charge < -0.3 is 14.0 Å². The van der Waals surface area contributed by atoms with Gasteiger partial charge in [0.25, 0.3) is 0 Å². The van der Waals surface area contributed by atoms with E-state index in [0.29, 0.717) is 18.9 Å². The Balaban J connectivity index is 1.80. The summed E-state index contributed by atoms with van der Waals surface area (Å²) < 4.78 is 7.19. The second kappa shape index (κ2) is 6.48. The summed E-state index contributed by atoms with van der Waals surface area (Å²) in [6.45, 7) is 4.16. The van der Waals surface area contributed by atoms with E-state index in [4.69, 9.17) is 4.74 Å². The Morgan fingerprint density at radius 2 is 2.32 bits per heavy atom. The van der Waals surface area contributed by atoms with Crippen LogP contribution in [0.15, 0.2) is 24.4 Å². The van der Waals surface area contributed by atoms with E-state index in [1.54, 1.807) is 7.11 Å². The first-order valence-corrected chi connectivity index (χ1v) is 7.90. The van der Waals surface area contributed by atoms with E-state index in [-0.39, 0.29) is 5.91 Å². The fourth-order valence-electron chi connectivity index (χ4n) is 3.28. The van der Waals surface area contributed by atoms with E-state index in [1.165, 1.54) is 5.69 Å². The molecule has 5 heteroatoms. The average Bonchev–Trinajstić information content (AvgIpc) is 2.92. The lowest BCUT2D eigenvalue weighted by Gasteiger charge is -2.33. The molecule has 0 radical (unpaired) electrons. The van der Waals surface area contributed by atoms with Crippen LogP contribution < -0.4 is 0 Å². The summed E-state index contributed by atoms with van der Waals surface area (Å²) in [4.78, 5) is 18.7. The molecule has 5 nitrogen and oxygen atoms in total. The molecule has 0 spiro atoms. The lowest BCUT2D eigenvalue weighted by Crippen LogP contribution is -2.39. The maximum absolute atomic E-state index is 12.2. The minimum Gasteiger partial charge on any atom is -0.384 e. The molecule has 1 amide bonds. The van der Waals surface area contributed by atoms with Crippen LogP contribution in [0, 0.1) is 6.92 Å². The number of hydrogen-bond donors (Lipinski definition) is 0. The Bertz CT molecular complexity index is 665. The van der Waals surface area contributed by atoms with E-state index >= 15 is 0 Å². The standard InChI is InChI=1S/C17H23N3O2/c1-13-11-20-15(6-3-7-16(20)18-13)14-5-4-9-19(12-14)17(21)8-10-22-2/h3,6-7,11,14H,4-5,8-10,12H2,1-2H3/t14-/m0/s1. The van der Waals surface area contributed by atoms with Crippen LogP contribution in [0.3, 0.4) is 0 Å². The van der Waals surface area contributed by atoms with Crippen molar-refractivity contribution in [3.63, 3.8) is 0 Å². The van der Waals surface area contributed by atoms with Gasteiger partial charge in [-0.25, -0.2) is 4.98 Å². The molecule has 3 rings (SSSR count). The molecule has 1 aliphatic heterocycles. The van der Waals surface area contributed by atoms with Crippen LogP contribution in [0.4, 0.5) is 0 Å². The molecule has 1 fully saturated rings. The third-order valence-electron chi connectivity index (χ3n) is 4.36. The van der Waals surface area contributed by atoms with E-state index in [0.717, 1.165) is 37.3 Å². The predicted molar refractivity (Wildman–Crippen MR) is 85.0 cm³/mol. The van der Waals surface area contributed by atoms with Crippen LogP contribution in [-0.4, -0.2) is 47.0 Å². The molecule has 0 aromatic carbocycles. The second-order valence-electron chi connectivity index (χ2n) is 5.98. The average molecular weight is 301 g/mol. The first kappa shape index (κ1) is 15.0. The molecule has 2 aromatic heterocycles. The molecule has 1 aliphatic rings. The van der Waals surface area contributed by atoms with Crippen LogP contribution in [-0.2, 0) is 9.53 Å². The number of imidazole rings is 1. The molecule has 22 heavy (non-hydrogen) atoms. The van der Waals surface area contributed by atoms with Gasteiger partial charge in [-0.15, -0.1) is 0 Å². The topological polar surface area (TPSA) is 46.8 Å². The Hall–Kier alpha value is -1.88. The van der Waals surface area contributed by atoms with Crippen LogP contribution in [0.5, 0.6) is 0 Å². The van der Waals surface area contributed by atoms with Crippen LogP contribution in [0.25, 0.3) is 5.65 Å². The van der Waals surface area contributed by atoms with E-state index in [1.807, 2.05) is 17.9 Å². The summed E-state index contributed by atoms with van der Waals surface area (Å²) in [5.74, 6) is 0.568. The summed E-state index contributed by atoms with van der Waals surface area (Å²) >= 11 is 0. The Kier molecular flexibility index (Phi) is 4.43. The minimum atomic E-state index is 0.195. The number of amides is 1. The minimum absolute atomic E-state index is 0.195. The van der Waals surface area contributed by atoms with E-state index < -0.39 is 0 Å². The Morgan fingerprint density at radius 1 is 1.45 bits per heavy atom. The number of methoxy groups -OCH3 is 1. The van der Waals surface area contributed by atoms with Gasteiger partial charge in [0, 0.05) is 38.0 Å². The molecular formula is C17H23N3O2.